The molecule has 0 aromatic carbocycles. The van der Waals surface area contributed by atoms with Gasteiger partial charge in [0.05, 0.1) is 18.9 Å². The Morgan fingerprint density at radius 3 is 2.90 bits per heavy atom. The van der Waals surface area contributed by atoms with Crippen molar-refractivity contribution in [3.63, 3.8) is 0 Å². The molecule has 2 aliphatic rings. The third kappa shape index (κ3) is 2.59. The number of carbonyl (C=O) groups excluding carboxylic acids is 1. The van der Waals surface area contributed by atoms with Gasteiger partial charge in [-0.2, -0.15) is 0 Å². The second-order valence-electron chi connectivity index (χ2n) is 5.92. The third-order valence-electron chi connectivity index (χ3n) is 4.77. The van der Waals surface area contributed by atoms with E-state index in [1.54, 1.807) is 0 Å². The van der Waals surface area contributed by atoms with Crippen molar-refractivity contribution in [3.8, 4) is 0 Å². The molecule has 1 aromatic rings. The van der Waals surface area contributed by atoms with Gasteiger partial charge in [-0.3, -0.25) is 0 Å². The highest BCUT2D eigenvalue weighted by Gasteiger charge is 2.39. The minimum Gasteiger partial charge on any atom is -0.464 e. The molecule has 1 aliphatic carbocycles. The molecule has 6 heteroatoms. The van der Waals surface area contributed by atoms with Crippen molar-refractivity contribution in [2.75, 3.05) is 13.7 Å². The molecule has 5 nitrogen and oxygen atoms in total. The van der Waals surface area contributed by atoms with Crippen LogP contribution in [0.5, 0.6) is 0 Å². The summed E-state index contributed by atoms with van der Waals surface area (Å²) in [5, 5.41) is 0.601. The molecule has 0 bridgehead atoms. The van der Waals surface area contributed by atoms with Gasteiger partial charge in [-0.15, -0.1) is 12.6 Å². The van der Waals surface area contributed by atoms with Crippen LogP contribution in [0.2, 0.25) is 0 Å². The average molecular weight is 310 g/mol. The van der Waals surface area contributed by atoms with Crippen LogP contribution < -0.4 is 0 Å². The predicted molar refractivity (Wildman–Crippen MR) is 80.9 cm³/mol. The number of methoxy groups -OCH3 is 1. The van der Waals surface area contributed by atoms with Crippen molar-refractivity contribution in [1.29, 1.82) is 0 Å². The molecule has 1 aromatic heterocycles. The molecule has 3 atom stereocenters. The lowest BCUT2D eigenvalue weighted by molar-refractivity contribution is -0.0740. The number of carbonyl (C=O) groups is 1. The number of hydrogen-bond acceptors (Lipinski definition) is 5. The normalized spacial score (nSPS) is 29.0. The minimum atomic E-state index is -0.334. The van der Waals surface area contributed by atoms with E-state index in [1.807, 2.05) is 11.5 Å². The molecule has 0 N–H and O–H groups in total. The molecule has 2 heterocycles. The molecule has 1 aliphatic heterocycles. The van der Waals surface area contributed by atoms with Crippen molar-refractivity contribution in [1.82, 2.24) is 9.55 Å². The first kappa shape index (κ1) is 14.9. The maximum absolute atomic E-state index is 12.1. The number of nitrogens with zero attached hydrogens (tertiary/aromatic N) is 2. The van der Waals surface area contributed by atoms with Crippen LogP contribution in [0.15, 0.2) is 5.16 Å². The zero-order valence-electron chi connectivity index (χ0n) is 12.5. The molecule has 0 amide bonds. The van der Waals surface area contributed by atoms with Gasteiger partial charge in [-0.1, -0.05) is 12.8 Å². The van der Waals surface area contributed by atoms with E-state index in [-0.39, 0.29) is 12.0 Å². The van der Waals surface area contributed by atoms with Crippen LogP contribution in [0.1, 0.15) is 54.3 Å². The molecule has 1 saturated heterocycles. The third-order valence-corrected chi connectivity index (χ3v) is 5.09. The summed E-state index contributed by atoms with van der Waals surface area (Å²) in [6.45, 7) is 2.57. The summed E-state index contributed by atoms with van der Waals surface area (Å²) in [7, 11) is 1.41. The lowest BCUT2D eigenvalue weighted by atomic mass is 9.78. The number of aromatic nitrogens is 2. The van der Waals surface area contributed by atoms with Gasteiger partial charge in [0.1, 0.15) is 0 Å². The van der Waals surface area contributed by atoms with Crippen LogP contribution in [0, 0.1) is 12.8 Å². The molecule has 116 valence electrons. The lowest BCUT2D eigenvalue weighted by Crippen LogP contribution is -2.40. The van der Waals surface area contributed by atoms with E-state index in [4.69, 9.17) is 9.47 Å². The smallest absolute Gasteiger partial charge is 0.356 e. The van der Waals surface area contributed by atoms with Gasteiger partial charge < -0.3 is 14.0 Å². The summed E-state index contributed by atoms with van der Waals surface area (Å²) in [5.74, 6) is 0.106. The van der Waals surface area contributed by atoms with E-state index in [2.05, 4.69) is 17.6 Å². The van der Waals surface area contributed by atoms with E-state index in [1.165, 1.54) is 20.0 Å². The maximum atomic E-state index is 12.1. The number of thiol groups is 1. The molecule has 21 heavy (non-hydrogen) atoms. The monoisotopic (exact) mass is 310 g/mol. The van der Waals surface area contributed by atoms with Gasteiger partial charge in [0.25, 0.3) is 0 Å². The molecular formula is C15H22N2O3S. The molecule has 0 spiro atoms. The van der Waals surface area contributed by atoms with E-state index < -0.39 is 0 Å². The Bertz CT molecular complexity index is 541. The van der Waals surface area contributed by atoms with Crippen molar-refractivity contribution >= 4 is 18.6 Å². The molecule has 3 rings (SSSR count). The first-order valence-electron chi connectivity index (χ1n) is 7.61. The van der Waals surface area contributed by atoms with Crippen LogP contribution in [0.4, 0.5) is 0 Å². The summed E-state index contributed by atoms with van der Waals surface area (Å²) in [6, 6.07) is 0.229. The average Bonchev–Trinajstić information content (AvgIpc) is 2.80. The second-order valence-corrected chi connectivity index (χ2v) is 6.32. The van der Waals surface area contributed by atoms with Crippen LogP contribution in [0.25, 0.3) is 0 Å². The fraction of sp³-hybridized carbons (Fsp3) is 0.733. The van der Waals surface area contributed by atoms with Crippen molar-refractivity contribution in [3.05, 3.63) is 11.4 Å². The zero-order chi connectivity index (χ0) is 15.0. The summed E-state index contributed by atoms with van der Waals surface area (Å²) in [4.78, 5) is 16.5. The highest BCUT2D eigenvalue weighted by molar-refractivity contribution is 7.80. The Hall–Kier alpha value is -1.01. The van der Waals surface area contributed by atoms with E-state index in [0.717, 1.165) is 25.9 Å². The molecule has 3 unspecified atom stereocenters. The summed E-state index contributed by atoms with van der Waals surface area (Å²) >= 11 is 4.49. The SMILES string of the molecule is COC(=O)c1c(C)nc(S)n1C1CCOC2CCCCC21. The van der Waals surface area contributed by atoms with Crippen molar-refractivity contribution < 1.29 is 14.3 Å². The first-order chi connectivity index (χ1) is 10.1. The second kappa shape index (κ2) is 6.01. The number of ether oxygens (including phenoxy) is 2. The highest BCUT2D eigenvalue weighted by Crippen LogP contribution is 2.42. The van der Waals surface area contributed by atoms with Crippen LogP contribution >= 0.6 is 12.6 Å². The van der Waals surface area contributed by atoms with E-state index in [0.29, 0.717) is 28.6 Å². The number of esters is 1. The van der Waals surface area contributed by atoms with Crippen LogP contribution in [-0.2, 0) is 9.47 Å². The molecule has 0 radical (unpaired) electrons. The van der Waals surface area contributed by atoms with Gasteiger partial charge in [0.2, 0.25) is 0 Å². The minimum absolute atomic E-state index is 0.229. The Morgan fingerprint density at radius 2 is 2.14 bits per heavy atom. The van der Waals surface area contributed by atoms with Gasteiger partial charge in [0.15, 0.2) is 10.9 Å². The van der Waals surface area contributed by atoms with Gasteiger partial charge in [-0.25, -0.2) is 9.78 Å². The standard InChI is InChI=1S/C15H22N2O3S/c1-9-13(14(18)19-2)17(15(21)16-9)11-7-8-20-12-6-4-3-5-10(11)12/h10-12H,3-8H2,1-2H3,(H,16,21). The molecule has 2 fully saturated rings. The fourth-order valence-electron chi connectivity index (χ4n) is 3.84. The van der Waals surface area contributed by atoms with Crippen molar-refractivity contribution in [2.24, 2.45) is 5.92 Å². The Balaban J connectivity index is 2.00. The van der Waals surface area contributed by atoms with Crippen molar-refractivity contribution in [2.45, 2.75) is 56.3 Å². The number of imidazole rings is 1. The zero-order valence-corrected chi connectivity index (χ0v) is 13.4. The largest absolute Gasteiger partial charge is 0.464 e. The Morgan fingerprint density at radius 1 is 1.38 bits per heavy atom. The lowest BCUT2D eigenvalue weighted by Gasteiger charge is -2.42. The molecular weight excluding hydrogens is 288 g/mol. The van der Waals surface area contributed by atoms with Gasteiger partial charge in [-0.05, 0) is 26.2 Å². The van der Waals surface area contributed by atoms with E-state index in [9.17, 15) is 4.79 Å². The summed E-state index contributed by atoms with van der Waals surface area (Å²) in [5.41, 5.74) is 1.23. The van der Waals surface area contributed by atoms with E-state index >= 15 is 0 Å². The summed E-state index contributed by atoms with van der Waals surface area (Å²) < 4.78 is 12.8. The quantitative estimate of drug-likeness (QED) is 0.674. The molecule has 1 saturated carbocycles. The number of aryl methyl sites for hydroxylation is 1. The predicted octanol–water partition coefficient (Wildman–Crippen LogP) is 2.79. The van der Waals surface area contributed by atoms with Crippen LogP contribution in [0.3, 0.4) is 0 Å². The van der Waals surface area contributed by atoms with Crippen LogP contribution in [-0.4, -0.2) is 35.3 Å². The fourth-order valence-corrected chi connectivity index (χ4v) is 4.23. The summed E-state index contributed by atoms with van der Waals surface area (Å²) in [6.07, 6.45) is 5.91. The van der Waals surface area contributed by atoms with Gasteiger partial charge >= 0.3 is 5.97 Å². The van der Waals surface area contributed by atoms with Gasteiger partial charge in [0, 0.05) is 18.6 Å². The maximum Gasteiger partial charge on any atom is 0.356 e. The topological polar surface area (TPSA) is 53.3 Å². The number of fused-ring (bicyclic) bond motifs is 1. The number of hydrogen-bond donors (Lipinski definition) is 1. The first-order valence-corrected chi connectivity index (χ1v) is 8.06. The Labute approximate surface area is 130 Å². The Kier molecular flexibility index (Phi) is 4.26. The highest BCUT2D eigenvalue weighted by atomic mass is 32.1. The number of rotatable bonds is 2.